The van der Waals surface area contributed by atoms with Gasteiger partial charge in [0.2, 0.25) is 6.41 Å². The van der Waals surface area contributed by atoms with Crippen molar-refractivity contribution in [3.05, 3.63) is 40.6 Å². The molecule has 0 unspecified atom stereocenters. The van der Waals surface area contributed by atoms with Gasteiger partial charge in [-0.2, -0.15) is 0 Å². The molecule has 0 saturated heterocycles. The molecule has 0 atom stereocenters. The van der Waals surface area contributed by atoms with Crippen molar-refractivity contribution in [1.82, 2.24) is 5.32 Å². The molecule has 2 aromatic rings. The summed E-state index contributed by atoms with van der Waals surface area (Å²) in [4.78, 5) is 16.0. The van der Waals surface area contributed by atoms with Crippen LogP contribution in [0.2, 0.25) is 0 Å². The van der Waals surface area contributed by atoms with E-state index in [1.54, 1.807) is 0 Å². The summed E-state index contributed by atoms with van der Waals surface area (Å²) in [5.41, 5.74) is 8.51. The van der Waals surface area contributed by atoms with Crippen LogP contribution in [-0.2, 0) is 9.63 Å². The van der Waals surface area contributed by atoms with E-state index >= 15 is 0 Å². The molecule has 6 heteroatoms. The standard InChI is InChI=1S/C13H13N3O2S/c1-18-16-13(15-8-17)12-6-10(7-19-12)9-3-2-4-11(14)5-9/h2-8H,14H2,1H3,(H,15,16,17). The average molecular weight is 275 g/mol. The minimum Gasteiger partial charge on any atom is -0.399 e. The lowest BCUT2D eigenvalue weighted by Crippen LogP contribution is -2.21. The Morgan fingerprint density at radius 3 is 2.95 bits per heavy atom. The van der Waals surface area contributed by atoms with Crippen LogP contribution in [0, 0.1) is 0 Å². The van der Waals surface area contributed by atoms with Crippen molar-refractivity contribution in [2.45, 2.75) is 0 Å². The van der Waals surface area contributed by atoms with Gasteiger partial charge in [-0.05, 0) is 34.7 Å². The van der Waals surface area contributed by atoms with E-state index in [0.717, 1.165) is 16.0 Å². The van der Waals surface area contributed by atoms with Gasteiger partial charge in [-0.3, -0.25) is 4.79 Å². The maximum atomic E-state index is 10.5. The summed E-state index contributed by atoms with van der Waals surface area (Å²) in [5.74, 6) is 0.387. The number of hydrogen-bond donors (Lipinski definition) is 2. The van der Waals surface area contributed by atoms with Crippen molar-refractivity contribution in [2.75, 3.05) is 12.8 Å². The summed E-state index contributed by atoms with van der Waals surface area (Å²) in [6.45, 7) is 0. The van der Waals surface area contributed by atoms with Crippen LogP contribution < -0.4 is 11.1 Å². The second kappa shape index (κ2) is 6.01. The van der Waals surface area contributed by atoms with E-state index < -0.39 is 0 Å². The Kier molecular flexibility index (Phi) is 4.15. The van der Waals surface area contributed by atoms with Crippen molar-refractivity contribution < 1.29 is 9.63 Å². The monoisotopic (exact) mass is 275 g/mol. The highest BCUT2D eigenvalue weighted by atomic mass is 32.1. The predicted octanol–water partition coefficient (Wildman–Crippen LogP) is 2.05. The number of nitrogen functional groups attached to an aromatic ring is 1. The quantitative estimate of drug-likeness (QED) is 0.295. The molecule has 0 aliphatic heterocycles. The van der Waals surface area contributed by atoms with Gasteiger partial charge in [-0.25, -0.2) is 0 Å². The fourth-order valence-electron chi connectivity index (χ4n) is 1.62. The number of amides is 1. The number of anilines is 1. The maximum absolute atomic E-state index is 10.5. The zero-order valence-electron chi connectivity index (χ0n) is 10.3. The van der Waals surface area contributed by atoms with Gasteiger partial charge >= 0.3 is 0 Å². The van der Waals surface area contributed by atoms with E-state index in [9.17, 15) is 4.79 Å². The first kappa shape index (κ1) is 13.1. The number of oxime groups is 1. The van der Waals surface area contributed by atoms with Crippen LogP contribution in [0.1, 0.15) is 4.88 Å². The molecule has 0 fully saturated rings. The Morgan fingerprint density at radius 2 is 2.26 bits per heavy atom. The molecule has 1 amide bonds. The van der Waals surface area contributed by atoms with Gasteiger partial charge < -0.3 is 15.9 Å². The van der Waals surface area contributed by atoms with Crippen molar-refractivity contribution >= 4 is 29.3 Å². The molecule has 2 rings (SSSR count). The fourth-order valence-corrected chi connectivity index (χ4v) is 2.48. The van der Waals surface area contributed by atoms with Crippen LogP contribution in [0.25, 0.3) is 11.1 Å². The molecular weight excluding hydrogens is 262 g/mol. The van der Waals surface area contributed by atoms with Crippen molar-refractivity contribution in [1.29, 1.82) is 0 Å². The van der Waals surface area contributed by atoms with Gasteiger partial charge in [-0.15, -0.1) is 11.3 Å². The predicted molar refractivity (Wildman–Crippen MR) is 76.9 cm³/mol. The minimum absolute atomic E-state index is 0.387. The molecule has 98 valence electrons. The largest absolute Gasteiger partial charge is 0.399 e. The molecule has 1 aromatic heterocycles. The summed E-state index contributed by atoms with van der Waals surface area (Å²) >= 11 is 1.47. The highest BCUT2D eigenvalue weighted by molar-refractivity contribution is 7.12. The molecule has 19 heavy (non-hydrogen) atoms. The number of carbonyl (C=O) groups is 1. The number of hydrogen-bond acceptors (Lipinski definition) is 5. The third-order valence-electron chi connectivity index (χ3n) is 2.43. The Hall–Kier alpha value is -2.34. The summed E-state index contributed by atoms with van der Waals surface area (Å²) in [6, 6.07) is 9.53. The van der Waals surface area contributed by atoms with Crippen molar-refractivity contribution in [2.24, 2.45) is 5.16 Å². The number of nitrogens with zero attached hydrogens (tertiary/aromatic N) is 1. The lowest BCUT2D eigenvalue weighted by atomic mass is 10.1. The van der Waals surface area contributed by atoms with E-state index in [4.69, 9.17) is 10.6 Å². The number of benzene rings is 1. The smallest absolute Gasteiger partial charge is 0.212 e. The summed E-state index contributed by atoms with van der Waals surface area (Å²) < 4.78 is 0. The van der Waals surface area contributed by atoms with Gasteiger partial charge in [0.25, 0.3) is 0 Å². The molecule has 0 radical (unpaired) electrons. The van der Waals surface area contributed by atoms with Gasteiger partial charge in [0.1, 0.15) is 7.11 Å². The van der Waals surface area contributed by atoms with Crippen molar-refractivity contribution in [3.8, 4) is 11.1 Å². The maximum Gasteiger partial charge on any atom is 0.212 e. The third-order valence-corrected chi connectivity index (χ3v) is 3.37. The van der Waals surface area contributed by atoms with Gasteiger partial charge in [-0.1, -0.05) is 17.3 Å². The molecule has 1 heterocycles. The van der Waals surface area contributed by atoms with Crippen LogP contribution in [-0.4, -0.2) is 19.4 Å². The van der Waals surface area contributed by atoms with E-state index in [1.165, 1.54) is 18.4 Å². The summed E-state index contributed by atoms with van der Waals surface area (Å²) in [6.07, 6.45) is 0.567. The minimum atomic E-state index is 0.387. The number of amidine groups is 1. The lowest BCUT2D eigenvalue weighted by Gasteiger charge is -2.00. The van der Waals surface area contributed by atoms with E-state index in [2.05, 4.69) is 10.5 Å². The normalized spacial score (nSPS) is 11.1. The first-order valence-corrected chi connectivity index (χ1v) is 6.38. The molecule has 0 aliphatic carbocycles. The summed E-state index contributed by atoms with van der Waals surface area (Å²) in [5, 5.41) is 8.25. The number of nitrogens with two attached hydrogens (primary N) is 1. The SMILES string of the molecule is CO/N=C(\NC=O)c1cc(-c2cccc(N)c2)cs1. The lowest BCUT2D eigenvalue weighted by molar-refractivity contribution is -0.108. The van der Waals surface area contributed by atoms with Crippen molar-refractivity contribution in [3.63, 3.8) is 0 Å². The number of carbonyl (C=O) groups excluding carboxylic acids is 1. The highest BCUT2D eigenvalue weighted by Gasteiger charge is 2.09. The first-order valence-electron chi connectivity index (χ1n) is 5.50. The molecule has 5 nitrogen and oxygen atoms in total. The number of rotatable bonds is 4. The zero-order valence-corrected chi connectivity index (χ0v) is 11.1. The molecule has 1 aromatic carbocycles. The van der Waals surface area contributed by atoms with E-state index in [-0.39, 0.29) is 0 Å². The Bertz CT molecular complexity index is 607. The first-order chi connectivity index (χ1) is 9.24. The summed E-state index contributed by atoms with van der Waals surface area (Å²) in [7, 11) is 1.43. The van der Waals surface area contributed by atoms with Crippen LogP contribution >= 0.6 is 11.3 Å². The molecular formula is C13H13N3O2S. The highest BCUT2D eigenvalue weighted by Crippen LogP contribution is 2.27. The molecule has 0 spiro atoms. The van der Waals surface area contributed by atoms with Crippen LogP contribution in [0.4, 0.5) is 5.69 Å². The fraction of sp³-hybridized carbons (Fsp3) is 0.0769. The second-order valence-electron chi connectivity index (χ2n) is 3.71. The molecule has 3 N–H and O–H groups in total. The van der Waals surface area contributed by atoms with Gasteiger partial charge in [0.15, 0.2) is 5.84 Å². The van der Waals surface area contributed by atoms with Crippen LogP contribution in [0.15, 0.2) is 40.9 Å². The van der Waals surface area contributed by atoms with Gasteiger partial charge in [0.05, 0.1) is 4.88 Å². The Balaban J connectivity index is 2.32. The van der Waals surface area contributed by atoms with E-state index in [0.29, 0.717) is 17.9 Å². The average Bonchev–Trinajstić information content (AvgIpc) is 2.88. The second-order valence-corrected chi connectivity index (χ2v) is 4.62. The zero-order chi connectivity index (χ0) is 13.7. The molecule has 0 saturated carbocycles. The number of nitrogens with one attached hydrogen (secondary N) is 1. The topological polar surface area (TPSA) is 76.7 Å². The Labute approximate surface area is 114 Å². The Morgan fingerprint density at radius 1 is 1.42 bits per heavy atom. The molecule has 0 bridgehead atoms. The van der Waals surface area contributed by atoms with Crippen LogP contribution in [0.5, 0.6) is 0 Å². The van der Waals surface area contributed by atoms with Gasteiger partial charge in [0, 0.05) is 5.69 Å². The molecule has 0 aliphatic rings. The third kappa shape index (κ3) is 3.11. The van der Waals surface area contributed by atoms with E-state index in [1.807, 2.05) is 35.7 Å². The van der Waals surface area contributed by atoms with Crippen LogP contribution in [0.3, 0.4) is 0 Å². The number of thiophene rings is 1.